The molecule has 0 aliphatic carbocycles. The van der Waals surface area contributed by atoms with Gasteiger partial charge in [-0.3, -0.25) is 0 Å². The maximum absolute atomic E-state index is 12.1. The number of hydrogen-bond acceptors (Lipinski definition) is 3. The summed E-state index contributed by atoms with van der Waals surface area (Å²) in [5.41, 5.74) is 5.17. The van der Waals surface area contributed by atoms with Crippen LogP contribution in [0.2, 0.25) is 0 Å². The van der Waals surface area contributed by atoms with Gasteiger partial charge in [-0.15, -0.1) is 0 Å². The fourth-order valence-corrected chi connectivity index (χ4v) is 3.73. The maximum atomic E-state index is 12.1. The zero-order chi connectivity index (χ0) is 20.4. The normalized spacial score (nSPS) is 12.2. The number of fused-ring (bicyclic) bond motifs is 1. The van der Waals surface area contributed by atoms with E-state index in [-0.39, 0.29) is 11.8 Å². The minimum atomic E-state index is -0.402. The van der Waals surface area contributed by atoms with Gasteiger partial charge in [0.15, 0.2) is 0 Å². The van der Waals surface area contributed by atoms with Crippen molar-refractivity contribution in [3.8, 4) is 5.75 Å². The summed E-state index contributed by atoms with van der Waals surface area (Å²) in [6.45, 7) is 4.45. The highest BCUT2D eigenvalue weighted by Crippen LogP contribution is 2.27. The maximum Gasteiger partial charge on any atom is 0.336 e. The first-order valence-electron chi connectivity index (χ1n) is 9.73. The fourth-order valence-electron chi connectivity index (χ4n) is 3.73. The number of hydrogen-bond donors (Lipinski definition) is 2. The summed E-state index contributed by atoms with van der Waals surface area (Å²) in [4.78, 5) is 12.1. The SMILES string of the molecule is Cc1ccc([C@H]([NH2+]Cc2cc(=O)oc3c(C)c(O)ccc23)c2ccccc2)cc1. The molecule has 0 fully saturated rings. The summed E-state index contributed by atoms with van der Waals surface area (Å²) in [5, 5.41) is 13.1. The topological polar surface area (TPSA) is 67.0 Å². The molecule has 0 saturated heterocycles. The third-order valence-electron chi connectivity index (χ3n) is 5.39. The molecule has 1 atom stereocenters. The standard InChI is InChI=1S/C25H23NO3/c1-16-8-10-19(11-9-16)24(18-6-4-3-5-7-18)26-15-20-14-23(28)29-25-17(2)22(27)13-12-21(20)25/h3-14,24,26-27H,15H2,1-2H3/p+1/t24-/m1/s1. The second-order valence-electron chi connectivity index (χ2n) is 7.42. The summed E-state index contributed by atoms with van der Waals surface area (Å²) >= 11 is 0. The molecule has 0 aliphatic heterocycles. The third kappa shape index (κ3) is 3.93. The molecule has 0 unspecified atom stereocenters. The molecule has 4 nitrogen and oxygen atoms in total. The Morgan fingerprint density at radius 3 is 2.34 bits per heavy atom. The van der Waals surface area contributed by atoms with Crippen molar-refractivity contribution in [3.63, 3.8) is 0 Å². The van der Waals surface area contributed by atoms with E-state index in [4.69, 9.17) is 4.42 Å². The van der Waals surface area contributed by atoms with Crippen molar-refractivity contribution in [2.75, 3.05) is 0 Å². The lowest BCUT2D eigenvalue weighted by atomic mass is 9.97. The van der Waals surface area contributed by atoms with Crippen LogP contribution in [0.5, 0.6) is 5.75 Å². The molecule has 4 rings (SSSR count). The molecule has 146 valence electrons. The highest BCUT2D eigenvalue weighted by atomic mass is 16.4. The first-order chi connectivity index (χ1) is 14.0. The number of quaternary nitrogens is 1. The Hall–Kier alpha value is -3.37. The van der Waals surface area contributed by atoms with Gasteiger partial charge in [0.2, 0.25) is 0 Å². The van der Waals surface area contributed by atoms with E-state index in [1.165, 1.54) is 16.7 Å². The van der Waals surface area contributed by atoms with Gasteiger partial charge in [0.25, 0.3) is 0 Å². The van der Waals surface area contributed by atoms with Crippen molar-refractivity contribution < 1.29 is 14.8 Å². The second kappa shape index (κ2) is 7.94. The lowest BCUT2D eigenvalue weighted by molar-refractivity contribution is -0.702. The Kier molecular flexibility index (Phi) is 5.19. The number of benzene rings is 3. The summed E-state index contributed by atoms with van der Waals surface area (Å²) < 4.78 is 5.37. The van der Waals surface area contributed by atoms with E-state index in [1.54, 1.807) is 19.1 Å². The van der Waals surface area contributed by atoms with Crippen molar-refractivity contribution in [3.05, 3.63) is 111 Å². The molecule has 3 aromatic carbocycles. The van der Waals surface area contributed by atoms with E-state index < -0.39 is 5.63 Å². The molecule has 0 saturated carbocycles. The van der Waals surface area contributed by atoms with Gasteiger partial charge < -0.3 is 14.8 Å². The molecule has 0 bridgehead atoms. The van der Waals surface area contributed by atoms with Crippen LogP contribution in [0.4, 0.5) is 0 Å². The lowest BCUT2D eigenvalue weighted by Gasteiger charge is -2.17. The molecule has 29 heavy (non-hydrogen) atoms. The summed E-state index contributed by atoms with van der Waals surface area (Å²) in [7, 11) is 0. The predicted molar refractivity (Wildman–Crippen MR) is 114 cm³/mol. The van der Waals surface area contributed by atoms with Gasteiger partial charge in [0, 0.05) is 33.7 Å². The highest BCUT2D eigenvalue weighted by molar-refractivity contribution is 5.84. The fraction of sp³-hybridized carbons (Fsp3) is 0.160. The van der Waals surface area contributed by atoms with E-state index in [9.17, 15) is 9.90 Å². The average Bonchev–Trinajstić information content (AvgIpc) is 2.73. The Morgan fingerprint density at radius 1 is 0.931 bits per heavy atom. The van der Waals surface area contributed by atoms with Gasteiger partial charge in [0.1, 0.15) is 23.9 Å². The number of aryl methyl sites for hydroxylation is 2. The van der Waals surface area contributed by atoms with E-state index in [2.05, 4.69) is 48.6 Å². The van der Waals surface area contributed by atoms with Crippen LogP contribution < -0.4 is 10.9 Å². The molecular formula is C25H24NO3+. The van der Waals surface area contributed by atoms with E-state index in [0.29, 0.717) is 17.7 Å². The molecule has 4 heteroatoms. The molecule has 1 aromatic heterocycles. The molecule has 0 spiro atoms. The summed E-state index contributed by atoms with van der Waals surface area (Å²) in [6.07, 6.45) is 0. The molecule has 4 aromatic rings. The molecule has 0 radical (unpaired) electrons. The number of phenolic OH excluding ortho intramolecular Hbond substituents is 1. The average molecular weight is 386 g/mol. The van der Waals surface area contributed by atoms with Gasteiger partial charge >= 0.3 is 5.63 Å². The lowest BCUT2D eigenvalue weighted by Crippen LogP contribution is -2.84. The molecular weight excluding hydrogens is 362 g/mol. The van der Waals surface area contributed by atoms with Crippen LogP contribution in [0, 0.1) is 13.8 Å². The minimum absolute atomic E-state index is 0.109. The smallest absolute Gasteiger partial charge is 0.336 e. The monoisotopic (exact) mass is 386 g/mol. The second-order valence-corrected chi connectivity index (χ2v) is 7.42. The Labute approximate surface area is 169 Å². The van der Waals surface area contributed by atoms with Gasteiger partial charge in [-0.05, 0) is 26.0 Å². The molecule has 3 N–H and O–H groups in total. The van der Waals surface area contributed by atoms with Crippen molar-refractivity contribution >= 4 is 11.0 Å². The zero-order valence-electron chi connectivity index (χ0n) is 16.6. The van der Waals surface area contributed by atoms with Crippen LogP contribution in [0.3, 0.4) is 0 Å². The van der Waals surface area contributed by atoms with Crippen LogP contribution in [-0.4, -0.2) is 5.11 Å². The van der Waals surface area contributed by atoms with Gasteiger partial charge in [0.05, 0.1) is 0 Å². The third-order valence-corrected chi connectivity index (χ3v) is 5.39. The van der Waals surface area contributed by atoms with E-state index in [1.807, 2.05) is 24.3 Å². The van der Waals surface area contributed by atoms with Gasteiger partial charge in [-0.1, -0.05) is 60.2 Å². The quantitative estimate of drug-likeness (QED) is 0.510. The number of rotatable bonds is 5. The highest BCUT2D eigenvalue weighted by Gasteiger charge is 2.19. The molecule has 0 amide bonds. The van der Waals surface area contributed by atoms with Crippen LogP contribution in [0.25, 0.3) is 11.0 Å². The summed E-state index contributed by atoms with van der Waals surface area (Å²) in [6, 6.07) is 24.0. The van der Waals surface area contributed by atoms with Gasteiger partial charge in [-0.2, -0.15) is 0 Å². The zero-order valence-corrected chi connectivity index (χ0v) is 16.6. The van der Waals surface area contributed by atoms with Crippen LogP contribution in [0.1, 0.15) is 33.9 Å². The first-order valence-corrected chi connectivity index (χ1v) is 9.73. The minimum Gasteiger partial charge on any atom is -0.508 e. The Balaban J connectivity index is 1.72. The van der Waals surface area contributed by atoms with Crippen LogP contribution in [0.15, 0.2) is 82.0 Å². The summed E-state index contributed by atoms with van der Waals surface area (Å²) in [5.74, 6) is 0.128. The Morgan fingerprint density at radius 2 is 1.62 bits per heavy atom. The Bertz CT molecular complexity index is 1190. The molecule has 0 aliphatic rings. The van der Waals surface area contributed by atoms with Gasteiger partial charge in [-0.25, -0.2) is 4.79 Å². The van der Waals surface area contributed by atoms with Crippen molar-refractivity contribution in [1.82, 2.24) is 0 Å². The van der Waals surface area contributed by atoms with E-state index >= 15 is 0 Å². The molecule has 1 heterocycles. The number of aromatic hydroxyl groups is 1. The van der Waals surface area contributed by atoms with Crippen LogP contribution in [-0.2, 0) is 6.54 Å². The number of phenols is 1. The van der Waals surface area contributed by atoms with Crippen molar-refractivity contribution in [2.45, 2.75) is 26.4 Å². The van der Waals surface area contributed by atoms with Crippen LogP contribution >= 0.6 is 0 Å². The number of nitrogens with two attached hydrogens (primary N) is 1. The van der Waals surface area contributed by atoms with Crippen molar-refractivity contribution in [1.29, 1.82) is 0 Å². The first kappa shape index (κ1) is 19.0. The van der Waals surface area contributed by atoms with E-state index in [0.717, 1.165) is 10.9 Å². The largest absolute Gasteiger partial charge is 0.508 e. The van der Waals surface area contributed by atoms with Crippen molar-refractivity contribution in [2.24, 2.45) is 0 Å². The predicted octanol–water partition coefficient (Wildman–Crippen LogP) is 3.97.